The number of nitrogens with zero attached hydrogens (tertiary/aromatic N) is 1. The minimum absolute atomic E-state index is 0.00202. The number of likely N-dealkylation sites (tertiary alicyclic amines) is 1. The number of rotatable bonds is 4. The molecule has 1 heterocycles. The summed E-state index contributed by atoms with van der Waals surface area (Å²) in [5.74, 6) is -0.0427. The van der Waals surface area contributed by atoms with Crippen LogP contribution in [0.2, 0.25) is 0 Å². The van der Waals surface area contributed by atoms with Crippen LogP contribution in [-0.4, -0.2) is 42.3 Å². The number of hydrogen-bond acceptors (Lipinski definition) is 4. The minimum atomic E-state index is -0.558. The Labute approximate surface area is 143 Å². The van der Waals surface area contributed by atoms with Crippen molar-refractivity contribution in [3.05, 3.63) is 35.9 Å². The number of alkyl carbamates (subject to hydrolysis) is 1. The van der Waals surface area contributed by atoms with Crippen molar-refractivity contribution in [3.63, 3.8) is 0 Å². The second-order valence-corrected chi connectivity index (χ2v) is 5.58. The van der Waals surface area contributed by atoms with Crippen molar-refractivity contribution in [2.45, 2.75) is 45.8 Å². The van der Waals surface area contributed by atoms with Gasteiger partial charge in [-0.1, -0.05) is 30.3 Å². The van der Waals surface area contributed by atoms with E-state index in [9.17, 15) is 9.59 Å². The number of hydrogen-bond donors (Lipinski definition) is 1. The fraction of sp³-hybridized carbons (Fsp3) is 0.500. The maximum Gasteiger partial charge on any atom is 0.407 e. The SMILES string of the molecule is CC=O.C[C@@H]1CCCCN1C(=O)CNC(=O)OCc1ccccc1. The van der Waals surface area contributed by atoms with Crippen LogP contribution in [0.4, 0.5) is 4.79 Å². The Morgan fingerprint density at radius 1 is 1.29 bits per heavy atom. The molecule has 6 heteroatoms. The number of carbonyl (C=O) groups excluding carboxylic acids is 3. The van der Waals surface area contributed by atoms with Crippen LogP contribution in [0.25, 0.3) is 0 Å². The van der Waals surface area contributed by atoms with Crippen LogP contribution in [0.1, 0.15) is 38.7 Å². The van der Waals surface area contributed by atoms with Crippen LogP contribution >= 0.6 is 0 Å². The molecule has 1 saturated heterocycles. The summed E-state index contributed by atoms with van der Waals surface area (Å²) < 4.78 is 5.07. The summed E-state index contributed by atoms with van der Waals surface area (Å²) in [6.45, 7) is 4.48. The molecule has 0 bridgehead atoms. The Morgan fingerprint density at radius 3 is 2.58 bits per heavy atom. The zero-order chi connectivity index (χ0) is 17.8. The van der Waals surface area contributed by atoms with Gasteiger partial charge < -0.3 is 19.7 Å². The molecule has 1 fully saturated rings. The molecule has 2 amide bonds. The van der Waals surface area contributed by atoms with Gasteiger partial charge in [-0.15, -0.1) is 0 Å². The van der Waals surface area contributed by atoms with Crippen molar-refractivity contribution in [1.29, 1.82) is 0 Å². The minimum Gasteiger partial charge on any atom is -0.445 e. The number of amides is 2. The number of benzene rings is 1. The lowest BCUT2D eigenvalue weighted by Crippen LogP contribution is -2.46. The fourth-order valence-corrected chi connectivity index (χ4v) is 2.49. The van der Waals surface area contributed by atoms with Gasteiger partial charge in [0.15, 0.2) is 0 Å². The second kappa shape index (κ2) is 11.2. The molecule has 1 aromatic rings. The number of aldehydes is 1. The lowest BCUT2D eigenvalue weighted by atomic mass is 10.0. The summed E-state index contributed by atoms with van der Waals surface area (Å²) in [6.07, 6.45) is 3.42. The van der Waals surface area contributed by atoms with E-state index in [0.29, 0.717) is 0 Å². The highest BCUT2D eigenvalue weighted by Crippen LogP contribution is 2.15. The van der Waals surface area contributed by atoms with Crippen LogP contribution in [0, 0.1) is 0 Å². The van der Waals surface area contributed by atoms with E-state index in [4.69, 9.17) is 9.53 Å². The van der Waals surface area contributed by atoms with Crippen molar-refractivity contribution in [2.75, 3.05) is 13.1 Å². The van der Waals surface area contributed by atoms with Gasteiger partial charge in [-0.05, 0) is 38.7 Å². The molecule has 0 aromatic heterocycles. The topological polar surface area (TPSA) is 75.7 Å². The van der Waals surface area contributed by atoms with E-state index in [1.165, 1.54) is 6.92 Å². The van der Waals surface area contributed by atoms with Crippen LogP contribution in [0.5, 0.6) is 0 Å². The third-order valence-electron chi connectivity index (χ3n) is 3.72. The Kier molecular flexibility index (Phi) is 9.19. The number of ether oxygens (including phenoxy) is 1. The molecule has 0 radical (unpaired) electrons. The highest BCUT2D eigenvalue weighted by Gasteiger charge is 2.23. The predicted octanol–water partition coefficient (Wildman–Crippen LogP) is 2.52. The van der Waals surface area contributed by atoms with E-state index < -0.39 is 6.09 Å². The second-order valence-electron chi connectivity index (χ2n) is 5.58. The largest absolute Gasteiger partial charge is 0.445 e. The zero-order valence-corrected chi connectivity index (χ0v) is 14.4. The maximum absolute atomic E-state index is 12.0. The van der Waals surface area contributed by atoms with E-state index >= 15 is 0 Å². The highest BCUT2D eigenvalue weighted by molar-refractivity contribution is 5.82. The standard InChI is InChI=1S/C16H22N2O3.C2H4O/c1-13-7-5-6-10-18(13)15(19)11-17-16(20)21-12-14-8-3-2-4-9-14;1-2-3/h2-4,8-9,13H,5-7,10-12H2,1H3,(H,17,20);2H,1H3/t13-;/m1./s1. The first-order valence-electron chi connectivity index (χ1n) is 8.22. The van der Waals surface area contributed by atoms with Crippen LogP contribution in [0.3, 0.4) is 0 Å². The van der Waals surface area contributed by atoms with Crippen molar-refractivity contribution in [2.24, 2.45) is 0 Å². The van der Waals surface area contributed by atoms with Crippen molar-refractivity contribution >= 4 is 18.3 Å². The Morgan fingerprint density at radius 2 is 1.96 bits per heavy atom. The number of piperidine rings is 1. The highest BCUT2D eigenvalue weighted by atomic mass is 16.5. The lowest BCUT2D eigenvalue weighted by Gasteiger charge is -2.33. The van der Waals surface area contributed by atoms with Crippen molar-refractivity contribution in [3.8, 4) is 0 Å². The van der Waals surface area contributed by atoms with Gasteiger partial charge in [0.05, 0.1) is 0 Å². The molecule has 0 unspecified atom stereocenters. The number of carbonyl (C=O) groups is 3. The fourth-order valence-electron chi connectivity index (χ4n) is 2.49. The normalized spacial score (nSPS) is 16.4. The van der Waals surface area contributed by atoms with Crippen molar-refractivity contribution in [1.82, 2.24) is 10.2 Å². The van der Waals surface area contributed by atoms with Gasteiger partial charge in [-0.3, -0.25) is 4.79 Å². The molecule has 2 rings (SSSR count). The molecule has 0 spiro atoms. The monoisotopic (exact) mass is 334 g/mol. The smallest absolute Gasteiger partial charge is 0.407 e. The van der Waals surface area contributed by atoms with Crippen LogP contribution in [0.15, 0.2) is 30.3 Å². The zero-order valence-electron chi connectivity index (χ0n) is 14.4. The Hall–Kier alpha value is -2.37. The average Bonchev–Trinajstić information content (AvgIpc) is 2.60. The average molecular weight is 334 g/mol. The summed E-state index contributed by atoms with van der Waals surface area (Å²) in [5, 5.41) is 2.52. The van der Waals surface area contributed by atoms with Gasteiger partial charge in [0, 0.05) is 12.6 Å². The van der Waals surface area contributed by atoms with E-state index in [1.807, 2.05) is 42.2 Å². The van der Waals surface area contributed by atoms with E-state index in [0.717, 1.165) is 37.7 Å². The van der Waals surface area contributed by atoms with Gasteiger partial charge in [0.25, 0.3) is 0 Å². The molecule has 1 N–H and O–H groups in total. The van der Waals surface area contributed by atoms with Crippen molar-refractivity contribution < 1.29 is 19.1 Å². The number of nitrogens with one attached hydrogen (secondary N) is 1. The van der Waals surface area contributed by atoms with E-state index in [-0.39, 0.29) is 25.1 Å². The van der Waals surface area contributed by atoms with E-state index in [2.05, 4.69) is 5.32 Å². The summed E-state index contributed by atoms with van der Waals surface area (Å²) in [7, 11) is 0. The summed E-state index contributed by atoms with van der Waals surface area (Å²) in [5.41, 5.74) is 0.920. The molecule has 0 aliphatic carbocycles. The first kappa shape index (κ1) is 19.7. The quantitative estimate of drug-likeness (QED) is 0.859. The molecule has 1 atom stereocenters. The molecule has 1 aliphatic rings. The molecule has 6 nitrogen and oxygen atoms in total. The van der Waals surface area contributed by atoms with Crippen LogP contribution < -0.4 is 5.32 Å². The molecular weight excluding hydrogens is 308 g/mol. The summed E-state index contributed by atoms with van der Waals surface area (Å²) >= 11 is 0. The third-order valence-corrected chi connectivity index (χ3v) is 3.72. The van der Waals surface area contributed by atoms with Gasteiger partial charge in [0.2, 0.25) is 5.91 Å². The Balaban J connectivity index is 0.000000891. The molecular formula is C18H26N2O4. The first-order valence-corrected chi connectivity index (χ1v) is 8.22. The summed E-state index contributed by atoms with van der Waals surface area (Å²) in [4.78, 5) is 34.3. The molecule has 24 heavy (non-hydrogen) atoms. The summed E-state index contributed by atoms with van der Waals surface area (Å²) in [6, 6.07) is 9.70. The van der Waals surface area contributed by atoms with Gasteiger partial charge in [-0.2, -0.15) is 0 Å². The maximum atomic E-state index is 12.0. The van der Waals surface area contributed by atoms with Gasteiger partial charge in [-0.25, -0.2) is 4.79 Å². The Bertz CT molecular complexity index is 519. The lowest BCUT2D eigenvalue weighted by molar-refractivity contribution is -0.133. The third kappa shape index (κ3) is 7.26. The molecule has 1 aromatic carbocycles. The molecule has 0 saturated carbocycles. The molecule has 1 aliphatic heterocycles. The molecule has 132 valence electrons. The predicted molar refractivity (Wildman–Crippen MR) is 91.4 cm³/mol. The van der Waals surface area contributed by atoms with Crippen LogP contribution in [-0.2, 0) is 20.9 Å². The first-order chi connectivity index (χ1) is 11.6. The van der Waals surface area contributed by atoms with Gasteiger partial charge >= 0.3 is 6.09 Å². The van der Waals surface area contributed by atoms with E-state index in [1.54, 1.807) is 0 Å². The van der Waals surface area contributed by atoms with Gasteiger partial charge in [0.1, 0.15) is 19.4 Å².